The van der Waals surface area contributed by atoms with Gasteiger partial charge in [0.25, 0.3) is 0 Å². The van der Waals surface area contributed by atoms with Crippen molar-refractivity contribution >= 4 is 51.3 Å². The lowest BCUT2D eigenvalue weighted by molar-refractivity contribution is 0.191. The van der Waals surface area contributed by atoms with E-state index in [2.05, 4.69) is 38.1 Å². The maximum Gasteiger partial charge on any atom is 0.123 e. The van der Waals surface area contributed by atoms with Crippen LogP contribution in [0.3, 0.4) is 0 Å². The largest absolute Gasteiger partial charge is 0.391 e. The van der Waals surface area contributed by atoms with Crippen LogP contribution in [0, 0.1) is 20.7 Å². The van der Waals surface area contributed by atoms with Crippen molar-refractivity contribution in [3.05, 3.63) is 61.9 Å². The van der Waals surface area contributed by atoms with Gasteiger partial charge < -0.3 is 10.4 Å². The Balaban J connectivity index is 1.85. The van der Waals surface area contributed by atoms with Crippen LogP contribution in [-0.4, -0.2) is 28.7 Å². The molecule has 0 saturated heterocycles. The van der Waals surface area contributed by atoms with E-state index in [1.807, 2.05) is 6.07 Å². The first kappa shape index (κ1) is 20.7. The van der Waals surface area contributed by atoms with Crippen molar-refractivity contribution in [1.82, 2.24) is 0 Å². The third kappa shape index (κ3) is 4.51. The van der Waals surface area contributed by atoms with Crippen molar-refractivity contribution in [3.8, 4) is 6.07 Å². The second kappa shape index (κ2) is 8.99. The standard InChI is InChI=1S/C20H17ClFIN4O/c1-11(28)20(25-16-7-4-13(10-24)18(21)19(16)23)17-9-8-15(26-27-17)12-2-5-14(22)6-3-12/h2-7,11,20,25,28H,8-9H2,1H3/t11-,20-/m1/s1. The molecule has 28 heavy (non-hydrogen) atoms. The summed E-state index contributed by atoms with van der Waals surface area (Å²) in [6.45, 7) is 1.68. The van der Waals surface area contributed by atoms with Gasteiger partial charge in [-0.05, 0) is 72.2 Å². The summed E-state index contributed by atoms with van der Waals surface area (Å²) in [7, 11) is 0. The number of anilines is 1. The highest BCUT2D eigenvalue weighted by molar-refractivity contribution is 14.1. The Labute approximate surface area is 181 Å². The van der Waals surface area contributed by atoms with E-state index in [4.69, 9.17) is 16.9 Å². The molecule has 0 aromatic heterocycles. The van der Waals surface area contributed by atoms with Gasteiger partial charge in [-0.15, -0.1) is 0 Å². The summed E-state index contributed by atoms with van der Waals surface area (Å²) < 4.78 is 13.8. The zero-order chi connectivity index (χ0) is 20.3. The number of hydrogen-bond donors (Lipinski definition) is 2. The van der Waals surface area contributed by atoms with Crippen LogP contribution >= 0.6 is 34.2 Å². The van der Waals surface area contributed by atoms with Gasteiger partial charge in [0.1, 0.15) is 11.9 Å². The van der Waals surface area contributed by atoms with Crippen molar-refractivity contribution in [2.45, 2.75) is 31.9 Å². The lowest BCUT2D eigenvalue weighted by atomic mass is 9.97. The van der Waals surface area contributed by atoms with Gasteiger partial charge >= 0.3 is 0 Å². The maximum absolute atomic E-state index is 13.1. The first-order chi connectivity index (χ1) is 13.4. The molecule has 2 aromatic carbocycles. The molecule has 1 aliphatic rings. The van der Waals surface area contributed by atoms with Crippen LogP contribution in [0.4, 0.5) is 10.1 Å². The Morgan fingerprint density at radius 3 is 2.50 bits per heavy atom. The number of nitrogens with one attached hydrogen (secondary N) is 1. The van der Waals surface area contributed by atoms with Crippen LogP contribution in [0.25, 0.3) is 0 Å². The third-order valence-corrected chi connectivity index (χ3v) is 6.28. The van der Waals surface area contributed by atoms with Crippen LogP contribution in [0.1, 0.15) is 30.9 Å². The summed E-state index contributed by atoms with van der Waals surface area (Å²) in [5, 5.41) is 31.6. The highest BCUT2D eigenvalue weighted by Crippen LogP contribution is 2.30. The van der Waals surface area contributed by atoms with Gasteiger partial charge in [0.05, 0.1) is 37.7 Å². The van der Waals surface area contributed by atoms with Crippen LogP contribution in [0.2, 0.25) is 5.02 Å². The van der Waals surface area contributed by atoms with E-state index in [0.29, 0.717) is 32.7 Å². The molecule has 1 heterocycles. The Bertz CT molecular complexity index is 983. The van der Waals surface area contributed by atoms with Crippen molar-refractivity contribution in [1.29, 1.82) is 5.26 Å². The predicted molar refractivity (Wildman–Crippen MR) is 118 cm³/mol. The van der Waals surface area contributed by atoms with E-state index in [1.165, 1.54) is 12.1 Å². The molecule has 2 atom stereocenters. The molecule has 5 nitrogen and oxygen atoms in total. The molecule has 2 aromatic rings. The number of rotatable bonds is 5. The van der Waals surface area contributed by atoms with E-state index in [9.17, 15) is 9.50 Å². The summed E-state index contributed by atoms with van der Waals surface area (Å²) in [6, 6.07) is 11.2. The Hall–Kier alpha value is -2.02. The molecular formula is C20H17ClFIN4O. The molecule has 0 fully saturated rings. The molecule has 0 aliphatic carbocycles. The van der Waals surface area contributed by atoms with Gasteiger partial charge in [-0.25, -0.2) is 4.39 Å². The number of hydrogen-bond acceptors (Lipinski definition) is 5. The van der Waals surface area contributed by atoms with Gasteiger partial charge in [-0.3, -0.25) is 0 Å². The molecule has 2 N–H and O–H groups in total. The Kier molecular flexibility index (Phi) is 6.65. The summed E-state index contributed by atoms with van der Waals surface area (Å²) in [5.41, 5.74) is 3.45. The molecule has 0 saturated carbocycles. The molecule has 1 aliphatic heterocycles. The molecule has 0 bridgehead atoms. The first-order valence-electron chi connectivity index (χ1n) is 8.62. The highest BCUT2D eigenvalue weighted by atomic mass is 127. The Morgan fingerprint density at radius 2 is 1.93 bits per heavy atom. The number of halogens is 3. The Morgan fingerprint density at radius 1 is 1.21 bits per heavy atom. The number of aliphatic hydroxyl groups excluding tert-OH is 1. The van der Waals surface area contributed by atoms with E-state index in [0.717, 1.165) is 17.0 Å². The topological polar surface area (TPSA) is 80.8 Å². The molecule has 8 heteroatoms. The summed E-state index contributed by atoms with van der Waals surface area (Å²) >= 11 is 8.30. The fraction of sp³-hybridized carbons (Fsp3) is 0.250. The zero-order valence-electron chi connectivity index (χ0n) is 15.0. The SMILES string of the molecule is C[C@@H](O)[C@@H](Nc1ccc(C#N)c(Cl)c1I)C1=NN=C(c2ccc(F)cc2)CC1. The summed E-state index contributed by atoms with van der Waals surface area (Å²) in [4.78, 5) is 0. The normalized spacial score (nSPS) is 15.9. The predicted octanol–water partition coefficient (Wildman–Crippen LogP) is 4.76. The lowest BCUT2D eigenvalue weighted by Gasteiger charge is -2.26. The monoisotopic (exact) mass is 510 g/mol. The van der Waals surface area contributed by atoms with Crippen LogP contribution in [0.15, 0.2) is 46.6 Å². The van der Waals surface area contributed by atoms with Gasteiger partial charge in [-0.1, -0.05) is 23.7 Å². The third-order valence-electron chi connectivity index (χ3n) is 4.45. The minimum Gasteiger partial charge on any atom is -0.391 e. The molecule has 0 radical (unpaired) electrons. The maximum atomic E-state index is 13.1. The number of nitrogens with zero attached hydrogens (tertiary/aromatic N) is 3. The van der Waals surface area contributed by atoms with Crippen LogP contribution in [-0.2, 0) is 0 Å². The van der Waals surface area contributed by atoms with Gasteiger partial charge in [0.15, 0.2) is 0 Å². The van der Waals surface area contributed by atoms with Gasteiger partial charge in [0.2, 0.25) is 0 Å². The minimum absolute atomic E-state index is 0.293. The number of benzene rings is 2. The average molecular weight is 511 g/mol. The molecule has 0 unspecified atom stereocenters. The molecular weight excluding hydrogens is 494 g/mol. The second-order valence-electron chi connectivity index (χ2n) is 6.41. The van der Waals surface area contributed by atoms with E-state index >= 15 is 0 Å². The van der Waals surface area contributed by atoms with Crippen LogP contribution in [0.5, 0.6) is 0 Å². The molecule has 144 valence electrons. The summed E-state index contributed by atoms with van der Waals surface area (Å²) in [5.74, 6) is -0.293. The van der Waals surface area contributed by atoms with Crippen LogP contribution < -0.4 is 5.32 Å². The first-order valence-corrected chi connectivity index (χ1v) is 10.1. The van der Waals surface area contributed by atoms with Crippen molar-refractivity contribution < 1.29 is 9.50 Å². The van der Waals surface area contributed by atoms with E-state index < -0.39 is 12.1 Å². The fourth-order valence-electron chi connectivity index (χ4n) is 2.93. The molecule has 0 spiro atoms. The second-order valence-corrected chi connectivity index (χ2v) is 7.86. The number of aliphatic hydroxyl groups is 1. The fourth-order valence-corrected chi connectivity index (χ4v) is 3.76. The van der Waals surface area contributed by atoms with Gasteiger partial charge in [0, 0.05) is 5.69 Å². The highest BCUT2D eigenvalue weighted by Gasteiger charge is 2.25. The molecule has 0 amide bonds. The lowest BCUT2D eigenvalue weighted by Crippen LogP contribution is -2.40. The quantitative estimate of drug-likeness (QED) is 0.570. The van der Waals surface area contributed by atoms with Crippen molar-refractivity contribution in [3.63, 3.8) is 0 Å². The van der Waals surface area contributed by atoms with Gasteiger partial charge in [-0.2, -0.15) is 15.5 Å². The average Bonchev–Trinajstić information content (AvgIpc) is 2.70. The smallest absolute Gasteiger partial charge is 0.123 e. The zero-order valence-corrected chi connectivity index (χ0v) is 17.9. The van der Waals surface area contributed by atoms with E-state index in [-0.39, 0.29) is 5.82 Å². The minimum atomic E-state index is -0.716. The van der Waals surface area contributed by atoms with E-state index in [1.54, 1.807) is 31.2 Å². The van der Waals surface area contributed by atoms with Crippen molar-refractivity contribution in [2.75, 3.05) is 5.32 Å². The number of nitriles is 1. The molecule has 3 rings (SSSR count). The summed E-state index contributed by atoms with van der Waals surface area (Å²) in [6.07, 6.45) is 0.534. The van der Waals surface area contributed by atoms with Crippen molar-refractivity contribution in [2.24, 2.45) is 10.2 Å².